The molecule has 132 valence electrons. The Bertz CT molecular complexity index is 666. The standard InChI is InChI=1S/C23H29NO/c1-3-4-18-25-23-14-10-21(11-15-23)19(2)20-8-12-22(13-9-20)24-16-6-5-7-17-24/h8-15H,2-7,16-18H2,1H3. The summed E-state index contributed by atoms with van der Waals surface area (Å²) in [7, 11) is 0. The lowest BCUT2D eigenvalue weighted by Gasteiger charge is -2.29. The Morgan fingerprint density at radius 1 is 0.920 bits per heavy atom. The highest BCUT2D eigenvalue weighted by Crippen LogP contribution is 2.27. The summed E-state index contributed by atoms with van der Waals surface area (Å²) in [5, 5.41) is 0. The molecule has 2 aromatic carbocycles. The summed E-state index contributed by atoms with van der Waals surface area (Å²) in [6.45, 7) is 9.61. The summed E-state index contributed by atoms with van der Waals surface area (Å²) < 4.78 is 5.73. The van der Waals surface area contributed by atoms with E-state index in [2.05, 4.69) is 54.8 Å². The normalized spacial score (nSPS) is 14.4. The van der Waals surface area contributed by atoms with Crippen molar-refractivity contribution in [3.05, 3.63) is 66.2 Å². The van der Waals surface area contributed by atoms with Crippen LogP contribution in [0.1, 0.15) is 50.2 Å². The van der Waals surface area contributed by atoms with Crippen LogP contribution >= 0.6 is 0 Å². The molecular formula is C23H29NO. The van der Waals surface area contributed by atoms with Crippen LogP contribution in [0, 0.1) is 0 Å². The van der Waals surface area contributed by atoms with Gasteiger partial charge in [0.25, 0.3) is 0 Å². The third-order valence-electron chi connectivity index (χ3n) is 4.91. The van der Waals surface area contributed by atoms with Crippen LogP contribution in [0.3, 0.4) is 0 Å². The SMILES string of the molecule is C=C(c1ccc(OCCCC)cc1)c1ccc(N2CCCCC2)cc1. The fraction of sp³-hybridized carbons (Fsp3) is 0.391. The monoisotopic (exact) mass is 335 g/mol. The molecule has 0 radical (unpaired) electrons. The Kier molecular flexibility index (Phi) is 6.16. The molecule has 25 heavy (non-hydrogen) atoms. The fourth-order valence-electron chi connectivity index (χ4n) is 3.28. The van der Waals surface area contributed by atoms with Crippen molar-refractivity contribution in [2.24, 2.45) is 0 Å². The third-order valence-corrected chi connectivity index (χ3v) is 4.91. The molecule has 0 amide bonds. The molecule has 1 aliphatic rings. The Labute approximate surface area is 152 Å². The van der Waals surface area contributed by atoms with E-state index in [1.807, 2.05) is 12.1 Å². The molecule has 1 saturated heterocycles. The van der Waals surface area contributed by atoms with E-state index in [1.165, 1.54) is 43.6 Å². The van der Waals surface area contributed by atoms with Gasteiger partial charge in [-0.2, -0.15) is 0 Å². The molecule has 1 fully saturated rings. The maximum absolute atomic E-state index is 5.73. The summed E-state index contributed by atoms with van der Waals surface area (Å²) in [6.07, 6.45) is 6.23. The highest BCUT2D eigenvalue weighted by Gasteiger charge is 2.11. The summed E-state index contributed by atoms with van der Waals surface area (Å²) in [5.41, 5.74) is 4.72. The fourth-order valence-corrected chi connectivity index (χ4v) is 3.28. The van der Waals surface area contributed by atoms with Crippen molar-refractivity contribution in [3.63, 3.8) is 0 Å². The second-order valence-corrected chi connectivity index (χ2v) is 6.80. The minimum absolute atomic E-state index is 0.786. The van der Waals surface area contributed by atoms with Gasteiger partial charge in [0.1, 0.15) is 5.75 Å². The van der Waals surface area contributed by atoms with Gasteiger partial charge in [-0.1, -0.05) is 44.2 Å². The van der Waals surface area contributed by atoms with Gasteiger partial charge in [0.05, 0.1) is 6.61 Å². The number of piperidine rings is 1. The van der Waals surface area contributed by atoms with Crippen molar-refractivity contribution >= 4 is 11.3 Å². The van der Waals surface area contributed by atoms with Gasteiger partial charge in [-0.05, 0) is 66.6 Å². The van der Waals surface area contributed by atoms with E-state index in [1.54, 1.807) is 0 Å². The number of anilines is 1. The molecule has 1 heterocycles. The molecule has 0 N–H and O–H groups in total. The zero-order chi connectivity index (χ0) is 17.5. The van der Waals surface area contributed by atoms with Gasteiger partial charge in [-0.15, -0.1) is 0 Å². The molecule has 2 aromatic rings. The zero-order valence-corrected chi connectivity index (χ0v) is 15.3. The van der Waals surface area contributed by atoms with Gasteiger partial charge in [-0.3, -0.25) is 0 Å². The van der Waals surface area contributed by atoms with Gasteiger partial charge in [-0.25, -0.2) is 0 Å². The second-order valence-electron chi connectivity index (χ2n) is 6.80. The number of rotatable bonds is 7. The molecule has 0 unspecified atom stereocenters. The molecule has 0 spiro atoms. The lowest BCUT2D eigenvalue weighted by Crippen LogP contribution is -2.29. The van der Waals surface area contributed by atoms with E-state index in [0.29, 0.717) is 0 Å². The molecule has 0 bridgehead atoms. The molecule has 0 saturated carbocycles. The van der Waals surface area contributed by atoms with Gasteiger partial charge < -0.3 is 9.64 Å². The predicted molar refractivity (Wildman–Crippen MR) is 107 cm³/mol. The van der Waals surface area contributed by atoms with E-state index < -0.39 is 0 Å². The van der Waals surface area contributed by atoms with E-state index >= 15 is 0 Å². The zero-order valence-electron chi connectivity index (χ0n) is 15.3. The van der Waals surface area contributed by atoms with Crippen LogP contribution in [0.4, 0.5) is 5.69 Å². The van der Waals surface area contributed by atoms with E-state index in [-0.39, 0.29) is 0 Å². The Balaban J connectivity index is 1.64. The van der Waals surface area contributed by atoms with Crippen LogP contribution in [-0.2, 0) is 0 Å². The molecule has 0 aromatic heterocycles. The highest BCUT2D eigenvalue weighted by atomic mass is 16.5. The average Bonchev–Trinajstić information content (AvgIpc) is 2.69. The lowest BCUT2D eigenvalue weighted by molar-refractivity contribution is 0.309. The van der Waals surface area contributed by atoms with Gasteiger partial charge in [0, 0.05) is 18.8 Å². The van der Waals surface area contributed by atoms with Crippen molar-refractivity contribution in [1.82, 2.24) is 0 Å². The first-order valence-corrected chi connectivity index (χ1v) is 9.55. The molecule has 0 aliphatic carbocycles. The van der Waals surface area contributed by atoms with Crippen LogP contribution in [-0.4, -0.2) is 19.7 Å². The Morgan fingerprint density at radius 3 is 2.12 bits per heavy atom. The predicted octanol–water partition coefficient (Wildman–Crippen LogP) is 5.92. The number of ether oxygens (including phenoxy) is 1. The van der Waals surface area contributed by atoms with Crippen molar-refractivity contribution in [2.45, 2.75) is 39.0 Å². The summed E-state index contributed by atoms with van der Waals surface area (Å²) in [5.74, 6) is 0.936. The molecule has 2 nitrogen and oxygen atoms in total. The first-order valence-electron chi connectivity index (χ1n) is 9.55. The van der Waals surface area contributed by atoms with E-state index in [9.17, 15) is 0 Å². The second kappa shape index (κ2) is 8.75. The van der Waals surface area contributed by atoms with Crippen molar-refractivity contribution in [3.8, 4) is 5.75 Å². The quantitative estimate of drug-likeness (QED) is 0.583. The molecule has 3 rings (SSSR count). The Morgan fingerprint density at radius 2 is 1.52 bits per heavy atom. The van der Waals surface area contributed by atoms with Crippen molar-refractivity contribution < 1.29 is 4.74 Å². The third kappa shape index (κ3) is 4.66. The van der Waals surface area contributed by atoms with Crippen LogP contribution < -0.4 is 9.64 Å². The first-order chi connectivity index (χ1) is 12.3. The Hall–Kier alpha value is -2.22. The number of hydrogen-bond acceptors (Lipinski definition) is 2. The summed E-state index contributed by atoms with van der Waals surface area (Å²) >= 11 is 0. The molecular weight excluding hydrogens is 306 g/mol. The summed E-state index contributed by atoms with van der Waals surface area (Å²) in [4.78, 5) is 2.48. The number of nitrogens with zero attached hydrogens (tertiary/aromatic N) is 1. The van der Waals surface area contributed by atoms with E-state index in [4.69, 9.17) is 4.74 Å². The minimum atomic E-state index is 0.786. The smallest absolute Gasteiger partial charge is 0.119 e. The maximum Gasteiger partial charge on any atom is 0.119 e. The molecule has 1 aliphatic heterocycles. The maximum atomic E-state index is 5.73. The number of hydrogen-bond donors (Lipinski definition) is 0. The molecule has 0 atom stereocenters. The lowest BCUT2D eigenvalue weighted by atomic mass is 9.99. The van der Waals surface area contributed by atoms with Crippen LogP contribution in [0.5, 0.6) is 5.75 Å². The number of benzene rings is 2. The summed E-state index contributed by atoms with van der Waals surface area (Å²) in [6, 6.07) is 17.1. The highest BCUT2D eigenvalue weighted by molar-refractivity contribution is 5.79. The van der Waals surface area contributed by atoms with Gasteiger partial charge >= 0.3 is 0 Å². The average molecular weight is 335 g/mol. The number of unbranched alkanes of at least 4 members (excludes halogenated alkanes) is 1. The van der Waals surface area contributed by atoms with Crippen LogP contribution in [0.2, 0.25) is 0 Å². The molecule has 2 heteroatoms. The minimum Gasteiger partial charge on any atom is -0.494 e. The topological polar surface area (TPSA) is 12.5 Å². The van der Waals surface area contributed by atoms with Crippen molar-refractivity contribution in [1.29, 1.82) is 0 Å². The van der Waals surface area contributed by atoms with Crippen LogP contribution in [0.15, 0.2) is 55.1 Å². The van der Waals surface area contributed by atoms with Crippen molar-refractivity contribution in [2.75, 3.05) is 24.6 Å². The van der Waals surface area contributed by atoms with E-state index in [0.717, 1.165) is 36.3 Å². The first kappa shape index (κ1) is 17.6. The van der Waals surface area contributed by atoms with Gasteiger partial charge in [0.2, 0.25) is 0 Å². The largest absolute Gasteiger partial charge is 0.494 e. The van der Waals surface area contributed by atoms with Crippen LogP contribution in [0.25, 0.3) is 5.57 Å². The van der Waals surface area contributed by atoms with Gasteiger partial charge in [0.15, 0.2) is 0 Å².